The van der Waals surface area contributed by atoms with Gasteiger partial charge < -0.3 is 4.74 Å². The Morgan fingerprint density at radius 2 is 1.90 bits per heavy atom. The first-order valence-corrected chi connectivity index (χ1v) is 7.23. The molecule has 1 saturated carbocycles. The number of allylic oxidation sites excluding steroid dienone is 2. The van der Waals surface area contributed by atoms with Gasteiger partial charge in [-0.1, -0.05) is 36.4 Å². The third-order valence-electron chi connectivity index (χ3n) is 4.50. The summed E-state index contributed by atoms with van der Waals surface area (Å²) in [5, 5.41) is 2.03. The van der Waals surface area contributed by atoms with Gasteiger partial charge in [-0.3, -0.25) is 0 Å². The van der Waals surface area contributed by atoms with E-state index in [-0.39, 0.29) is 5.97 Å². The number of ether oxygens (including phenoxy) is 1. The van der Waals surface area contributed by atoms with Gasteiger partial charge in [-0.05, 0) is 48.1 Å². The molecule has 0 heterocycles. The third-order valence-corrected chi connectivity index (χ3v) is 4.50. The molecule has 0 N–H and O–H groups in total. The Balaban J connectivity index is 1.66. The first kappa shape index (κ1) is 11.7. The second-order valence-electron chi connectivity index (χ2n) is 5.76. The minimum absolute atomic E-state index is 0.222. The van der Waals surface area contributed by atoms with Crippen molar-refractivity contribution in [2.75, 3.05) is 0 Å². The van der Waals surface area contributed by atoms with Crippen LogP contribution in [0.25, 0.3) is 10.8 Å². The molecule has 100 valence electrons. The molecule has 4 rings (SSSR count). The van der Waals surface area contributed by atoms with Gasteiger partial charge in [0.1, 0.15) is 5.76 Å². The van der Waals surface area contributed by atoms with Crippen LogP contribution in [-0.2, 0) is 4.74 Å². The zero-order valence-electron chi connectivity index (χ0n) is 11.2. The maximum atomic E-state index is 12.4. The van der Waals surface area contributed by atoms with Gasteiger partial charge in [0.05, 0.1) is 5.56 Å². The molecular formula is C18H16O2. The minimum atomic E-state index is -0.222. The zero-order valence-corrected chi connectivity index (χ0v) is 11.2. The molecule has 0 radical (unpaired) electrons. The van der Waals surface area contributed by atoms with Crippen LogP contribution in [0.4, 0.5) is 0 Å². The van der Waals surface area contributed by atoms with Crippen molar-refractivity contribution in [1.82, 2.24) is 0 Å². The number of rotatable bonds is 2. The molecule has 2 aromatic carbocycles. The van der Waals surface area contributed by atoms with E-state index < -0.39 is 0 Å². The summed E-state index contributed by atoms with van der Waals surface area (Å²) in [7, 11) is 0. The average molecular weight is 264 g/mol. The van der Waals surface area contributed by atoms with Crippen LogP contribution in [0.1, 0.15) is 29.6 Å². The van der Waals surface area contributed by atoms with Crippen LogP contribution >= 0.6 is 0 Å². The van der Waals surface area contributed by atoms with Gasteiger partial charge in [0.2, 0.25) is 0 Å². The maximum Gasteiger partial charge on any atom is 0.343 e. The number of hydrogen-bond donors (Lipinski definition) is 0. The summed E-state index contributed by atoms with van der Waals surface area (Å²) in [6, 6.07) is 13.7. The lowest BCUT2D eigenvalue weighted by Crippen LogP contribution is -2.10. The van der Waals surface area contributed by atoms with Crippen molar-refractivity contribution in [1.29, 1.82) is 0 Å². The number of esters is 1. The number of fused-ring (bicyclic) bond motifs is 3. The first-order valence-electron chi connectivity index (χ1n) is 7.23. The van der Waals surface area contributed by atoms with Gasteiger partial charge in [-0.25, -0.2) is 4.79 Å². The fourth-order valence-corrected chi connectivity index (χ4v) is 3.48. The summed E-state index contributed by atoms with van der Waals surface area (Å²) in [4.78, 5) is 12.4. The van der Waals surface area contributed by atoms with Crippen molar-refractivity contribution in [2.24, 2.45) is 11.8 Å². The number of carbonyl (C=O) groups excluding carboxylic acids is 1. The lowest BCUT2D eigenvalue weighted by atomic mass is 10.0. The SMILES string of the molecule is O=C(OC1=CC2CCC1C2)c1cccc2ccccc12. The Hall–Kier alpha value is -2.09. The van der Waals surface area contributed by atoms with Crippen LogP contribution in [0.15, 0.2) is 54.3 Å². The van der Waals surface area contributed by atoms with Gasteiger partial charge in [-0.2, -0.15) is 0 Å². The van der Waals surface area contributed by atoms with Crippen LogP contribution in [0.5, 0.6) is 0 Å². The van der Waals surface area contributed by atoms with Crippen molar-refractivity contribution in [2.45, 2.75) is 19.3 Å². The average Bonchev–Trinajstić information content (AvgIpc) is 3.09. The van der Waals surface area contributed by atoms with Gasteiger partial charge >= 0.3 is 5.97 Å². The van der Waals surface area contributed by atoms with Crippen molar-refractivity contribution in [3.05, 3.63) is 59.9 Å². The molecule has 20 heavy (non-hydrogen) atoms. The second kappa shape index (κ2) is 4.48. The summed E-state index contributed by atoms with van der Waals surface area (Å²) >= 11 is 0. The van der Waals surface area contributed by atoms with Crippen molar-refractivity contribution in [3.63, 3.8) is 0 Å². The van der Waals surface area contributed by atoms with E-state index in [4.69, 9.17) is 4.74 Å². The summed E-state index contributed by atoms with van der Waals surface area (Å²) in [6.07, 6.45) is 5.73. The Morgan fingerprint density at radius 3 is 2.70 bits per heavy atom. The van der Waals surface area contributed by atoms with Crippen LogP contribution in [0, 0.1) is 11.8 Å². The zero-order chi connectivity index (χ0) is 13.5. The van der Waals surface area contributed by atoms with E-state index in [1.165, 1.54) is 12.8 Å². The normalized spacial score (nSPS) is 23.9. The smallest absolute Gasteiger partial charge is 0.343 e. The van der Waals surface area contributed by atoms with Crippen LogP contribution in [0.2, 0.25) is 0 Å². The largest absolute Gasteiger partial charge is 0.427 e. The van der Waals surface area contributed by atoms with Crippen LogP contribution < -0.4 is 0 Å². The molecule has 0 spiro atoms. The van der Waals surface area contributed by atoms with E-state index >= 15 is 0 Å². The molecule has 2 bridgehead atoms. The van der Waals surface area contributed by atoms with Crippen LogP contribution in [-0.4, -0.2) is 5.97 Å². The molecule has 2 aromatic rings. The molecule has 2 atom stereocenters. The molecule has 0 amide bonds. The van der Waals surface area contributed by atoms with E-state index in [1.807, 2.05) is 42.5 Å². The molecule has 2 unspecified atom stereocenters. The lowest BCUT2D eigenvalue weighted by Gasteiger charge is -2.14. The highest BCUT2D eigenvalue weighted by Crippen LogP contribution is 2.44. The van der Waals surface area contributed by atoms with E-state index in [1.54, 1.807) is 0 Å². The molecule has 2 aliphatic carbocycles. The predicted molar refractivity (Wildman–Crippen MR) is 78.3 cm³/mol. The molecular weight excluding hydrogens is 248 g/mol. The van der Waals surface area contributed by atoms with Gasteiger partial charge in [0.15, 0.2) is 0 Å². The lowest BCUT2D eigenvalue weighted by molar-refractivity contribution is 0.0594. The maximum absolute atomic E-state index is 12.4. The molecule has 2 aliphatic rings. The van der Waals surface area contributed by atoms with Crippen molar-refractivity contribution >= 4 is 16.7 Å². The van der Waals surface area contributed by atoms with E-state index in [0.29, 0.717) is 17.4 Å². The van der Waals surface area contributed by atoms with Crippen LogP contribution in [0.3, 0.4) is 0 Å². The Bertz CT molecular complexity index is 709. The van der Waals surface area contributed by atoms with E-state index in [2.05, 4.69) is 6.08 Å². The fraction of sp³-hybridized carbons (Fsp3) is 0.278. The summed E-state index contributed by atoms with van der Waals surface area (Å²) < 4.78 is 5.66. The first-order chi connectivity index (χ1) is 9.81. The van der Waals surface area contributed by atoms with E-state index in [0.717, 1.165) is 23.0 Å². The molecule has 2 nitrogen and oxygen atoms in total. The van der Waals surface area contributed by atoms with Gasteiger partial charge in [-0.15, -0.1) is 0 Å². The highest BCUT2D eigenvalue weighted by Gasteiger charge is 2.35. The monoisotopic (exact) mass is 264 g/mol. The topological polar surface area (TPSA) is 26.3 Å². The predicted octanol–water partition coefficient (Wildman–Crippen LogP) is 4.31. The minimum Gasteiger partial charge on any atom is -0.427 e. The Morgan fingerprint density at radius 1 is 1.05 bits per heavy atom. The standard InChI is InChI=1S/C18H16O2/c19-18(20-17-11-12-8-9-14(17)10-12)16-7-3-5-13-4-1-2-6-15(13)16/h1-7,11-12,14H,8-10H2. The Labute approximate surface area is 118 Å². The quantitative estimate of drug-likeness (QED) is 0.755. The summed E-state index contributed by atoms with van der Waals surface area (Å²) in [6.45, 7) is 0. The summed E-state index contributed by atoms with van der Waals surface area (Å²) in [5.74, 6) is 1.79. The van der Waals surface area contributed by atoms with Gasteiger partial charge in [0, 0.05) is 5.92 Å². The van der Waals surface area contributed by atoms with Gasteiger partial charge in [0.25, 0.3) is 0 Å². The second-order valence-corrected chi connectivity index (χ2v) is 5.76. The molecule has 0 aromatic heterocycles. The highest BCUT2D eigenvalue weighted by molar-refractivity contribution is 6.04. The molecule has 0 aliphatic heterocycles. The fourth-order valence-electron chi connectivity index (χ4n) is 3.48. The molecule has 1 fully saturated rings. The number of benzene rings is 2. The number of carbonyl (C=O) groups is 1. The third kappa shape index (κ3) is 1.83. The van der Waals surface area contributed by atoms with E-state index in [9.17, 15) is 4.79 Å². The Kier molecular flexibility index (Phi) is 2.62. The van der Waals surface area contributed by atoms with Crippen molar-refractivity contribution < 1.29 is 9.53 Å². The highest BCUT2D eigenvalue weighted by atomic mass is 16.5. The molecule has 2 heteroatoms. The van der Waals surface area contributed by atoms with Crippen molar-refractivity contribution in [3.8, 4) is 0 Å². The number of hydrogen-bond acceptors (Lipinski definition) is 2. The molecule has 0 saturated heterocycles. The summed E-state index contributed by atoms with van der Waals surface area (Å²) in [5.41, 5.74) is 0.659.